The molecular weight excluding hydrogens is 296 g/mol. The van der Waals surface area contributed by atoms with Gasteiger partial charge < -0.3 is 15.0 Å². The first-order valence-corrected chi connectivity index (χ1v) is 8.37. The van der Waals surface area contributed by atoms with Gasteiger partial charge in [-0.1, -0.05) is 30.3 Å². The summed E-state index contributed by atoms with van der Waals surface area (Å²) in [5, 5.41) is 2.90. The van der Waals surface area contributed by atoms with Crippen molar-refractivity contribution in [3.05, 3.63) is 60.2 Å². The van der Waals surface area contributed by atoms with Crippen LogP contribution in [0.5, 0.6) is 5.75 Å². The van der Waals surface area contributed by atoms with Crippen molar-refractivity contribution in [2.45, 2.75) is 6.61 Å². The molecule has 22 heavy (non-hydrogen) atoms. The summed E-state index contributed by atoms with van der Waals surface area (Å²) < 4.78 is 5.73. The van der Waals surface area contributed by atoms with Gasteiger partial charge in [-0.2, -0.15) is 0 Å². The van der Waals surface area contributed by atoms with E-state index < -0.39 is 0 Å². The lowest BCUT2D eigenvalue weighted by atomic mass is 10.2. The number of thioether (sulfide) groups is 1. The molecular formula is C17H18N2O2S. The molecule has 0 bridgehead atoms. The molecule has 1 aliphatic rings. The minimum absolute atomic E-state index is 0.0389. The topological polar surface area (TPSA) is 41.6 Å². The SMILES string of the molecule is O=C(Nc1ccc(OCc2ccccc2)cc1)N1CCSC1. The van der Waals surface area contributed by atoms with Crippen LogP contribution < -0.4 is 10.1 Å². The Morgan fingerprint density at radius 3 is 2.59 bits per heavy atom. The maximum absolute atomic E-state index is 12.0. The number of nitrogens with one attached hydrogen (secondary N) is 1. The van der Waals surface area contributed by atoms with E-state index in [9.17, 15) is 4.79 Å². The van der Waals surface area contributed by atoms with E-state index in [1.165, 1.54) is 0 Å². The molecule has 0 radical (unpaired) electrons. The van der Waals surface area contributed by atoms with Crippen LogP contribution in [0.15, 0.2) is 54.6 Å². The number of carbonyl (C=O) groups excluding carboxylic acids is 1. The van der Waals surface area contributed by atoms with E-state index in [2.05, 4.69) is 5.32 Å². The number of hydrogen-bond donors (Lipinski definition) is 1. The minimum Gasteiger partial charge on any atom is -0.489 e. The summed E-state index contributed by atoms with van der Waals surface area (Å²) in [5.74, 6) is 2.57. The molecule has 5 heteroatoms. The van der Waals surface area contributed by atoms with Gasteiger partial charge in [-0.25, -0.2) is 4.79 Å². The average molecular weight is 314 g/mol. The van der Waals surface area contributed by atoms with E-state index in [-0.39, 0.29) is 6.03 Å². The van der Waals surface area contributed by atoms with Gasteiger partial charge in [-0.3, -0.25) is 0 Å². The summed E-state index contributed by atoms with van der Waals surface area (Å²) in [6.45, 7) is 1.35. The molecule has 4 nitrogen and oxygen atoms in total. The normalized spacial score (nSPS) is 13.9. The molecule has 1 N–H and O–H groups in total. The third-order valence-corrected chi connectivity index (χ3v) is 4.36. The first-order chi connectivity index (χ1) is 10.8. The van der Waals surface area contributed by atoms with Gasteiger partial charge in [0.15, 0.2) is 0 Å². The lowest BCUT2D eigenvalue weighted by Crippen LogP contribution is -2.32. The maximum atomic E-state index is 12.0. The highest BCUT2D eigenvalue weighted by Gasteiger charge is 2.17. The largest absolute Gasteiger partial charge is 0.489 e. The summed E-state index contributed by atoms with van der Waals surface area (Å²) in [6.07, 6.45) is 0. The van der Waals surface area contributed by atoms with E-state index in [0.29, 0.717) is 6.61 Å². The van der Waals surface area contributed by atoms with Crippen molar-refractivity contribution in [2.75, 3.05) is 23.5 Å². The molecule has 0 spiro atoms. The summed E-state index contributed by atoms with van der Waals surface area (Å²) in [7, 11) is 0. The first kappa shape index (κ1) is 14.8. The molecule has 2 aromatic rings. The zero-order valence-electron chi connectivity index (χ0n) is 12.2. The molecule has 0 saturated carbocycles. The van der Waals surface area contributed by atoms with Gasteiger partial charge in [0.2, 0.25) is 0 Å². The molecule has 1 aliphatic heterocycles. The third-order valence-electron chi connectivity index (χ3n) is 3.39. The molecule has 0 unspecified atom stereocenters. The standard InChI is InChI=1S/C17H18N2O2S/c20-17(19-10-11-22-13-19)18-15-6-8-16(9-7-15)21-12-14-4-2-1-3-5-14/h1-9H,10-13H2,(H,18,20). The van der Waals surface area contributed by atoms with Gasteiger partial charge in [-0.15, -0.1) is 11.8 Å². The van der Waals surface area contributed by atoms with Crippen LogP contribution in [-0.2, 0) is 6.61 Å². The molecule has 3 rings (SSSR count). The number of ether oxygens (including phenoxy) is 1. The van der Waals surface area contributed by atoms with Crippen LogP contribution in [-0.4, -0.2) is 29.1 Å². The minimum atomic E-state index is -0.0389. The molecule has 0 aromatic heterocycles. The second-order valence-electron chi connectivity index (χ2n) is 5.03. The predicted molar refractivity (Wildman–Crippen MR) is 90.3 cm³/mol. The Labute approximate surface area is 134 Å². The molecule has 114 valence electrons. The Hall–Kier alpha value is -2.14. The van der Waals surface area contributed by atoms with Crippen molar-refractivity contribution in [2.24, 2.45) is 0 Å². The molecule has 2 aromatic carbocycles. The van der Waals surface area contributed by atoms with Crippen LogP contribution in [0.2, 0.25) is 0 Å². The average Bonchev–Trinajstić information content (AvgIpc) is 3.10. The smallest absolute Gasteiger partial charge is 0.322 e. The van der Waals surface area contributed by atoms with Gasteiger partial charge in [0.1, 0.15) is 12.4 Å². The fraction of sp³-hybridized carbons (Fsp3) is 0.235. The second-order valence-corrected chi connectivity index (χ2v) is 6.10. The van der Waals surface area contributed by atoms with Gasteiger partial charge in [0, 0.05) is 18.0 Å². The van der Waals surface area contributed by atoms with Gasteiger partial charge in [-0.05, 0) is 29.8 Å². The van der Waals surface area contributed by atoms with E-state index in [4.69, 9.17) is 4.74 Å². The fourth-order valence-electron chi connectivity index (χ4n) is 2.15. The van der Waals surface area contributed by atoms with Crippen molar-refractivity contribution in [3.63, 3.8) is 0 Å². The zero-order chi connectivity index (χ0) is 15.2. The van der Waals surface area contributed by atoms with E-state index in [1.54, 1.807) is 11.8 Å². The van der Waals surface area contributed by atoms with Crippen molar-refractivity contribution in [1.29, 1.82) is 0 Å². The Morgan fingerprint density at radius 2 is 1.91 bits per heavy atom. The van der Waals surface area contributed by atoms with Crippen LogP contribution in [0.3, 0.4) is 0 Å². The Balaban J connectivity index is 1.52. The van der Waals surface area contributed by atoms with Gasteiger partial charge >= 0.3 is 6.03 Å². The third kappa shape index (κ3) is 3.95. The number of urea groups is 1. The van der Waals surface area contributed by atoms with E-state index in [1.807, 2.05) is 59.5 Å². The highest BCUT2D eigenvalue weighted by Crippen LogP contribution is 2.19. The summed E-state index contributed by atoms with van der Waals surface area (Å²) >= 11 is 1.77. The lowest BCUT2D eigenvalue weighted by molar-refractivity contribution is 0.225. The Kier molecular flexibility index (Phi) is 4.85. The van der Waals surface area contributed by atoms with Crippen molar-refractivity contribution < 1.29 is 9.53 Å². The van der Waals surface area contributed by atoms with Crippen LogP contribution in [0.1, 0.15) is 5.56 Å². The summed E-state index contributed by atoms with van der Waals surface area (Å²) in [4.78, 5) is 13.8. The molecule has 0 aliphatic carbocycles. The van der Waals surface area contributed by atoms with Gasteiger partial charge in [0.05, 0.1) is 5.88 Å². The van der Waals surface area contributed by atoms with E-state index >= 15 is 0 Å². The second kappa shape index (κ2) is 7.22. The number of benzene rings is 2. The number of anilines is 1. The monoisotopic (exact) mass is 314 g/mol. The van der Waals surface area contributed by atoms with E-state index in [0.717, 1.165) is 35.2 Å². The lowest BCUT2D eigenvalue weighted by Gasteiger charge is -2.15. The van der Waals surface area contributed by atoms with Gasteiger partial charge in [0.25, 0.3) is 0 Å². The van der Waals surface area contributed by atoms with Crippen molar-refractivity contribution >= 4 is 23.5 Å². The number of rotatable bonds is 4. The predicted octanol–water partition coefficient (Wildman–Crippen LogP) is 3.80. The van der Waals surface area contributed by atoms with Crippen molar-refractivity contribution in [3.8, 4) is 5.75 Å². The Bertz CT molecular complexity index is 610. The quantitative estimate of drug-likeness (QED) is 0.933. The molecule has 1 saturated heterocycles. The number of nitrogens with zero attached hydrogens (tertiary/aromatic N) is 1. The van der Waals surface area contributed by atoms with Crippen LogP contribution in [0.4, 0.5) is 10.5 Å². The van der Waals surface area contributed by atoms with Crippen LogP contribution in [0, 0.1) is 0 Å². The highest BCUT2D eigenvalue weighted by atomic mass is 32.2. The molecule has 1 heterocycles. The number of amides is 2. The molecule has 0 atom stereocenters. The number of hydrogen-bond acceptors (Lipinski definition) is 3. The maximum Gasteiger partial charge on any atom is 0.322 e. The summed E-state index contributed by atoms with van der Waals surface area (Å²) in [5.41, 5.74) is 1.92. The Morgan fingerprint density at radius 1 is 1.14 bits per heavy atom. The van der Waals surface area contributed by atoms with Crippen LogP contribution >= 0.6 is 11.8 Å². The fourth-order valence-corrected chi connectivity index (χ4v) is 3.10. The first-order valence-electron chi connectivity index (χ1n) is 7.22. The zero-order valence-corrected chi connectivity index (χ0v) is 13.0. The highest BCUT2D eigenvalue weighted by molar-refractivity contribution is 7.99. The van der Waals surface area contributed by atoms with Crippen LogP contribution in [0.25, 0.3) is 0 Å². The molecule has 2 amide bonds. The summed E-state index contributed by atoms with van der Waals surface area (Å²) in [6, 6.07) is 17.5. The molecule has 1 fully saturated rings. The number of carbonyl (C=O) groups is 1. The van der Waals surface area contributed by atoms with Crippen molar-refractivity contribution in [1.82, 2.24) is 4.90 Å².